The minimum atomic E-state index is 0. The van der Waals surface area contributed by atoms with E-state index in [1.165, 1.54) is 0 Å². The van der Waals surface area contributed by atoms with Crippen LogP contribution >= 0.6 is 0 Å². The zero-order valence-corrected chi connectivity index (χ0v) is 222. The Bertz CT molecular complexity index is 81.1. The van der Waals surface area contributed by atoms with Gasteiger partial charge in [0.15, 0.2) is 0 Å². The summed E-state index contributed by atoms with van der Waals surface area (Å²) in [5.74, 6) is 0. The summed E-state index contributed by atoms with van der Waals surface area (Å²) in [6.45, 7) is 0. The summed E-state index contributed by atoms with van der Waals surface area (Å²) in [4.78, 5) is 0. The fraction of sp³-hybridized carbons (Fsp3) is 0. The maximum absolute atomic E-state index is 0. The van der Waals surface area contributed by atoms with E-state index in [9.17, 15) is 0 Å². The molecule has 0 amide bonds. The van der Waals surface area contributed by atoms with Crippen LogP contribution in [0.5, 0.6) is 0 Å². The maximum atomic E-state index is 0. The molecule has 0 aliphatic heterocycles. The van der Waals surface area contributed by atoms with Crippen molar-refractivity contribution < 1.29 is 1990 Å². The van der Waals surface area contributed by atoms with Crippen LogP contribution in [0.4, 0.5) is 0 Å². The molecule has 0 aliphatic carbocycles. The van der Waals surface area contributed by atoms with Crippen molar-refractivity contribution in [3.8, 4) is 0 Å². The van der Waals surface area contributed by atoms with E-state index in [2.05, 4.69) is 0 Å². The van der Waals surface area contributed by atoms with Crippen molar-refractivity contribution in [2.45, 2.75) is 0 Å². The summed E-state index contributed by atoms with van der Waals surface area (Å²) < 4.78 is 0. The molecule has 0 heterocycles. The van der Waals surface area contributed by atoms with Crippen molar-refractivity contribution in [3.63, 3.8) is 0 Å². The normalized spacial score (nSPS) is 0. The second-order valence-electron chi connectivity index (χ2n) is 0. The van der Waals surface area contributed by atoms with Crippen LogP contribution in [0.15, 0.2) is 0 Å². The molecule has 0 aromatic rings. The molecule has 0 unspecified atom stereocenters. The summed E-state index contributed by atoms with van der Waals surface area (Å²) in [5, 5.41) is 0. The van der Waals surface area contributed by atoms with Gasteiger partial charge in [-0.3, -0.25) is 0 Å². The second-order valence-corrected chi connectivity index (χ2v) is 0. The molecule has 100 heteroatoms. The van der Waals surface area contributed by atoms with E-state index < -0.39 is 0 Å². The van der Waals surface area contributed by atoms with E-state index in [1.54, 1.807) is 0 Å². The third kappa shape index (κ3) is 1030. The predicted octanol–water partition coefficient (Wildman–Crippen LogP) is -0.250. The van der Waals surface area contributed by atoms with E-state index in [4.69, 9.17) is 0 Å². The standard InChI is InChI=1S/25Pt.75Ru. The average Bonchev–Trinajstić information content (AvgIpc) is 0. The van der Waals surface area contributed by atoms with Gasteiger partial charge < -0.3 is 0 Å². The first-order valence-corrected chi connectivity index (χ1v) is 0. The van der Waals surface area contributed by atoms with Gasteiger partial charge in [0.05, 0.1) is 0 Å². The van der Waals surface area contributed by atoms with E-state index >= 15 is 0 Å². The molecule has 0 fully saturated rings. The van der Waals surface area contributed by atoms with Crippen LogP contribution < -0.4 is 0 Å². The first-order valence-electron chi connectivity index (χ1n) is 0. The Hall–Kier alpha value is 64.0. The van der Waals surface area contributed by atoms with Gasteiger partial charge in [-0.15, -0.1) is 0 Å². The van der Waals surface area contributed by atoms with Crippen LogP contribution in [0.3, 0.4) is 0 Å². The van der Waals surface area contributed by atoms with Crippen LogP contribution in [0.1, 0.15) is 0 Å². The van der Waals surface area contributed by atoms with Crippen molar-refractivity contribution in [1.82, 2.24) is 0 Å². The van der Waals surface area contributed by atoms with E-state index in [0.717, 1.165) is 0 Å². The smallest absolute Gasteiger partial charge is 0 e. The van der Waals surface area contributed by atoms with Crippen molar-refractivity contribution in [3.05, 3.63) is 0 Å². The minimum absolute atomic E-state index is 0. The molecule has 0 radical (unpaired) electrons. The molecule has 0 rings (SSSR count). The Morgan fingerprint density at radius 2 is 0.0200 bits per heavy atom. The largest absolute Gasteiger partial charge is 0 e. The van der Waals surface area contributed by atoms with Gasteiger partial charge in [-0.05, 0) is 0 Å². The third-order valence-electron chi connectivity index (χ3n) is 0. The van der Waals surface area contributed by atoms with Gasteiger partial charge in [-0.1, -0.05) is 0 Å². The molecule has 0 atom stereocenters. The number of hydrogen-bond donors (Lipinski definition) is 0. The topological polar surface area (TPSA) is 0 Å². The minimum Gasteiger partial charge on any atom is 0 e. The summed E-state index contributed by atoms with van der Waals surface area (Å²) in [6.07, 6.45) is 0. The molecule has 0 saturated carbocycles. The SMILES string of the molecule is [Pt].[Pt].[Pt].[Pt].[Pt].[Pt].[Pt].[Pt].[Pt].[Pt].[Pt].[Pt].[Pt].[Pt].[Pt].[Pt].[Pt].[Pt].[Pt].[Pt].[Pt].[Pt].[Pt].[Pt].[Pt].[Ru].[Ru].[Ru].[Ru].[Ru].[Ru].[Ru].[Ru].[Ru].[Ru].[Ru].[Ru].[Ru].[Ru].[Ru].[Ru].[Ru].[Ru].[Ru].[Ru].[Ru].[Ru].[Ru].[Ru].[Ru].[Ru].[Ru].[Ru].[Ru].[Ru].[Ru].[Ru].[Ru].[Ru].[Ru].[Ru].[Ru].[Ru].[Ru].[Ru].[Ru].[Ru].[Ru].[Ru].[Ru].[Ru].[Ru].[Ru].[Ru].[Ru].[Ru].[Ru].[Ru].[Ru].[Ru].[Ru].[Ru].[Ru].[Ru].[Ru].[Ru].[Ru].[Ru].[Ru].[Ru].[Ru].[Ru].[Ru].[Ru].[Ru].[Ru].[Ru].[Ru].[Ru].[Ru]. The molecule has 0 bridgehead atoms. The maximum Gasteiger partial charge on any atom is 0 e. The van der Waals surface area contributed by atoms with E-state index in [1.807, 2.05) is 0 Å². The van der Waals surface area contributed by atoms with Gasteiger partial charge in [0.25, 0.3) is 0 Å². The summed E-state index contributed by atoms with van der Waals surface area (Å²) in [5.41, 5.74) is 0. The van der Waals surface area contributed by atoms with Crippen molar-refractivity contribution >= 4 is 0 Å². The Morgan fingerprint density at radius 1 is 0.0200 bits per heavy atom. The molecule has 850 valence electrons. The van der Waals surface area contributed by atoms with Gasteiger partial charge in [-0.2, -0.15) is 0 Å². The Balaban J connectivity index is 0. The fourth-order valence-electron chi connectivity index (χ4n) is 0. The second kappa shape index (κ2) is 1040. The Labute approximate surface area is 1930 Å². The van der Waals surface area contributed by atoms with Crippen LogP contribution in [0, 0.1) is 0 Å². The van der Waals surface area contributed by atoms with Gasteiger partial charge in [0, 0.05) is 1990 Å². The molecule has 0 N–H and O–H groups in total. The van der Waals surface area contributed by atoms with Gasteiger partial charge >= 0.3 is 0 Å². The monoisotopic (exact) mass is 12500 g/mol. The van der Waals surface area contributed by atoms with Gasteiger partial charge in [0.2, 0.25) is 0 Å². The molecule has 0 aliphatic rings. The van der Waals surface area contributed by atoms with Crippen LogP contribution in [-0.4, -0.2) is 0 Å². The molecular weight excluding hydrogens is 12500 g/mol. The molecular formula is Pt25Ru75. The quantitative estimate of drug-likeness (QED) is 0.295. The van der Waals surface area contributed by atoms with Crippen molar-refractivity contribution in [1.29, 1.82) is 0 Å². The van der Waals surface area contributed by atoms with E-state index in [0.29, 0.717) is 0 Å². The van der Waals surface area contributed by atoms with Crippen molar-refractivity contribution in [2.75, 3.05) is 0 Å². The molecule has 0 spiro atoms. The molecule has 100 heavy (non-hydrogen) atoms. The van der Waals surface area contributed by atoms with E-state index in [-0.39, 0.29) is 1990 Å². The molecule has 0 saturated heterocycles. The van der Waals surface area contributed by atoms with Crippen LogP contribution in [0.2, 0.25) is 0 Å². The molecule has 0 aromatic heterocycles. The summed E-state index contributed by atoms with van der Waals surface area (Å²) in [7, 11) is 0. The first kappa shape index (κ1) is 1060. The fourth-order valence-corrected chi connectivity index (χ4v) is 0. The van der Waals surface area contributed by atoms with Gasteiger partial charge in [0.1, 0.15) is 0 Å². The molecule has 0 aromatic carbocycles. The zero-order chi connectivity index (χ0) is 0. The molecule has 0 nitrogen and oxygen atoms in total. The van der Waals surface area contributed by atoms with Crippen LogP contribution in [-0.2, 0) is 1990 Å². The number of rotatable bonds is 0. The third-order valence-corrected chi connectivity index (χ3v) is 0. The zero-order valence-electron chi connectivity index (χ0n) is 34.4. The first-order chi connectivity index (χ1) is 0. The Morgan fingerprint density at radius 3 is 0.0200 bits per heavy atom. The summed E-state index contributed by atoms with van der Waals surface area (Å²) in [6, 6.07) is 0. The predicted molar refractivity (Wildman–Crippen MR) is 0 cm³/mol. The van der Waals surface area contributed by atoms with Crippen LogP contribution in [0.25, 0.3) is 0 Å². The van der Waals surface area contributed by atoms with Crippen molar-refractivity contribution in [2.24, 2.45) is 0 Å². The number of hydrogen-bond acceptors (Lipinski definition) is 0. The Kier molecular flexibility index (Phi) is 11100. The average molecular weight is 12500 g/mol. The summed E-state index contributed by atoms with van der Waals surface area (Å²) >= 11 is 0. The van der Waals surface area contributed by atoms with Gasteiger partial charge in [-0.25, -0.2) is 0 Å².